The average molecular weight is 518 g/mol. The van der Waals surface area contributed by atoms with Crippen LogP contribution in [0.15, 0.2) is 49.3 Å². The van der Waals surface area contributed by atoms with Crippen molar-refractivity contribution in [2.24, 2.45) is 0 Å². The number of aromatic nitrogens is 2. The molecule has 3 aromatic rings. The van der Waals surface area contributed by atoms with Crippen molar-refractivity contribution in [2.75, 3.05) is 26.0 Å². The molecule has 2 aromatic heterocycles. The number of amides is 2. The fraction of sp³-hybridized carbons (Fsp3) is 0.250. The zero-order valence-electron chi connectivity index (χ0n) is 21.2. The summed E-state index contributed by atoms with van der Waals surface area (Å²) in [5, 5.41) is 6.73. The molecule has 0 spiro atoms. The number of para-hydroxylation sites is 1. The number of benzene rings is 1. The number of rotatable bonds is 6. The number of nitrogens with zero attached hydrogens (tertiary/aromatic N) is 2. The Morgan fingerprint density at radius 3 is 2.86 bits per heavy atom. The number of fused-ring (bicyclic) bond motifs is 1. The molecule has 1 aliphatic rings. The van der Waals surface area contributed by atoms with Gasteiger partial charge in [0.2, 0.25) is 5.91 Å². The first kappa shape index (κ1) is 25.9. The van der Waals surface area contributed by atoms with Gasteiger partial charge in [-0.15, -0.1) is 0 Å². The Kier molecular flexibility index (Phi) is 7.28. The number of pyridine rings is 1. The number of halogens is 1. The van der Waals surface area contributed by atoms with E-state index in [0.717, 1.165) is 11.3 Å². The van der Waals surface area contributed by atoms with Crippen LogP contribution >= 0.6 is 11.6 Å². The normalized spacial score (nSPS) is 12.5. The van der Waals surface area contributed by atoms with Gasteiger partial charge in [0.05, 0.1) is 45.9 Å². The summed E-state index contributed by atoms with van der Waals surface area (Å²) in [4.78, 5) is 34.3. The van der Waals surface area contributed by atoms with Crippen molar-refractivity contribution in [1.29, 1.82) is 0 Å². The van der Waals surface area contributed by atoms with E-state index in [1.165, 1.54) is 11.0 Å². The predicted molar refractivity (Wildman–Crippen MR) is 145 cm³/mol. The molecule has 4 rings (SSSR count). The number of methoxy groups -OCH3 is 1. The first-order valence-electron chi connectivity index (χ1n) is 11.7. The third-order valence-electron chi connectivity index (χ3n) is 6.33. The molecule has 0 aliphatic carbocycles. The summed E-state index contributed by atoms with van der Waals surface area (Å²) < 4.78 is 5.52. The molecule has 0 saturated heterocycles. The number of ether oxygens (including phenoxy) is 1. The molecule has 1 aliphatic heterocycles. The summed E-state index contributed by atoms with van der Waals surface area (Å²) in [6.07, 6.45) is 5.24. The SMILES string of the molecule is C=CC(=O)N(C)C(C)(C)C#Cc1cnccc1-c1[nH]c2c(c1Nc1cccc(Cl)c1OC)C(=O)NCC2. The van der Waals surface area contributed by atoms with Crippen molar-refractivity contribution in [3.63, 3.8) is 0 Å². The van der Waals surface area contributed by atoms with Gasteiger partial charge in [-0.3, -0.25) is 14.6 Å². The van der Waals surface area contributed by atoms with E-state index in [0.29, 0.717) is 51.9 Å². The Bertz CT molecular complexity index is 1450. The van der Waals surface area contributed by atoms with Crippen molar-refractivity contribution in [3.8, 4) is 28.8 Å². The van der Waals surface area contributed by atoms with Gasteiger partial charge in [-0.1, -0.05) is 36.1 Å². The highest BCUT2D eigenvalue weighted by Gasteiger charge is 2.29. The number of anilines is 2. The number of hydrogen-bond donors (Lipinski definition) is 3. The van der Waals surface area contributed by atoms with E-state index >= 15 is 0 Å². The van der Waals surface area contributed by atoms with E-state index in [2.05, 4.69) is 39.0 Å². The van der Waals surface area contributed by atoms with Gasteiger partial charge in [-0.05, 0) is 38.1 Å². The molecule has 0 radical (unpaired) electrons. The van der Waals surface area contributed by atoms with Crippen molar-refractivity contribution in [2.45, 2.75) is 25.8 Å². The molecule has 0 unspecified atom stereocenters. The van der Waals surface area contributed by atoms with E-state index in [1.54, 1.807) is 38.7 Å². The minimum absolute atomic E-state index is 0.181. The molecule has 37 heavy (non-hydrogen) atoms. The van der Waals surface area contributed by atoms with Crippen LogP contribution < -0.4 is 15.4 Å². The van der Waals surface area contributed by atoms with E-state index < -0.39 is 5.54 Å². The molecular weight excluding hydrogens is 490 g/mol. The van der Waals surface area contributed by atoms with Crippen LogP contribution in [0, 0.1) is 11.8 Å². The van der Waals surface area contributed by atoms with Gasteiger partial charge in [0, 0.05) is 43.7 Å². The lowest BCUT2D eigenvalue weighted by atomic mass is 10.0. The molecule has 0 atom stereocenters. The monoisotopic (exact) mass is 517 g/mol. The number of nitrogens with one attached hydrogen (secondary N) is 3. The average Bonchev–Trinajstić information content (AvgIpc) is 3.26. The van der Waals surface area contributed by atoms with Crippen LogP contribution in [-0.2, 0) is 11.2 Å². The lowest BCUT2D eigenvalue weighted by Crippen LogP contribution is -2.43. The minimum atomic E-state index is -0.761. The molecule has 190 valence electrons. The molecule has 3 N–H and O–H groups in total. The van der Waals surface area contributed by atoms with E-state index in [-0.39, 0.29) is 11.8 Å². The molecule has 1 aromatic carbocycles. The summed E-state index contributed by atoms with van der Waals surface area (Å²) in [5.41, 5.74) is 3.85. The van der Waals surface area contributed by atoms with Gasteiger partial charge in [0.25, 0.3) is 5.91 Å². The highest BCUT2D eigenvalue weighted by Crippen LogP contribution is 2.41. The molecule has 0 fully saturated rings. The fourth-order valence-electron chi connectivity index (χ4n) is 4.08. The maximum Gasteiger partial charge on any atom is 0.255 e. The van der Waals surface area contributed by atoms with Gasteiger partial charge in [-0.2, -0.15) is 0 Å². The molecular formula is C28H28ClN5O3. The number of H-pyrrole nitrogens is 1. The lowest BCUT2D eigenvalue weighted by Gasteiger charge is -2.30. The second kappa shape index (κ2) is 10.4. The highest BCUT2D eigenvalue weighted by molar-refractivity contribution is 6.32. The molecule has 2 amide bonds. The second-order valence-corrected chi connectivity index (χ2v) is 9.42. The van der Waals surface area contributed by atoms with E-state index in [4.69, 9.17) is 16.3 Å². The molecule has 3 heterocycles. The Labute approximate surface area is 221 Å². The van der Waals surface area contributed by atoms with Gasteiger partial charge >= 0.3 is 0 Å². The largest absolute Gasteiger partial charge is 0.493 e. The first-order chi connectivity index (χ1) is 17.7. The third-order valence-corrected chi connectivity index (χ3v) is 6.63. The number of aromatic amines is 1. The smallest absolute Gasteiger partial charge is 0.255 e. The maximum absolute atomic E-state index is 13.0. The molecule has 0 bridgehead atoms. The van der Waals surface area contributed by atoms with Crippen molar-refractivity contribution in [3.05, 3.63) is 71.2 Å². The number of likely N-dealkylation sites (N-methyl/N-ethyl adjacent to an activating group) is 1. The standard InChI is InChI=1S/C28H28ClN5O3/c1-6-22(35)34(4)28(2,3)13-10-17-16-30-14-11-18(17)24-25(23-20(32-24)12-15-31-27(23)36)33-21-9-7-8-19(29)26(21)37-5/h6-9,11,14,16,32-33H,1,12,15H2,2-5H3,(H,31,36). The fourth-order valence-corrected chi connectivity index (χ4v) is 4.34. The summed E-state index contributed by atoms with van der Waals surface area (Å²) in [5.74, 6) is 6.43. The Hall–Kier alpha value is -4.22. The number of hydrogen-bond acceptors (Lipinski definition) is 5. The zero-order valence-corrected chi connectivity index (χ0v) is 21.9. The Morgan fingerprint density at radius 1 is 1.35 bits per heavy atom. The van der Waals surface area contributed by atoms with Crippen LogP contribution in [0.2, 0.25) is 5.02 Å². The van der Waals surface area contributed by atoms with Crippen LogP contribution in [0.1, 0.15) is 35.5 Å². The van der Waals surface area contributed by atoms with Crippen molar-refractivity contribution < 1.29 is 14.3 Å². The number of carbonyl (C=O) groups excluding carboxylic acids is 2. The Balaban J connectivity index is 1.86. The van der Waals surface area contributed by atoms with Crippen LogP contribution in [0.25, 0.3) is 11.3 Å². The van der Waals surface area contributed by atoms with Gasteiger partial charge in [0.15, 0.2) is 5.75 Å². The van der Waals surface area contributed by atoms with Gasteiger partial charge in [0.1, 0.15) is 0 Å². The van der Waals surface area contributed by atoms with Crippen LogP contribution in [0.3, 0.4) is 0 Å². The van der Waals surface area contributed by atoms with Gasteiger partial charge < -0.3 is 25.3 Å². The first-order valence-corrected chi connectivity index (χ1v) is 12.1. The highest BCUT2D eigenvalue weighted by atomic mass is 35.5. The minimum Gasteiger partial charge on any atom is -0.493 e. The summed E-state index contributed by atoms with van der Waals surface area (Å²) in [6.45, 7) is 7.80. The summed E-state index contributed by atoms with van der Waals surface area (Å²) >= 11 is 6.35. The second-order valence-electron chi connectivity index (χ2n) is 9.01. The summed E-state index contributed by atoms with van der Waals surface area (Å²) in [7, 11) is 3.22. The lowest BCUT2D eigenvalue weighted by molar-refractivity contribution is -0.127. The van der Waals surface area contributed by atoms with Crippen LogP contribution in [0.5, 0.6) is 5.75 Å². The van der Waals surface area contributed by atoms with Crippen LogP contribution in [0.4, 0.5) is 11.4 Å². The molecule has 0 saturated carbocycles. The molecule has 9 heteroatoms. The van der Waals surface area contributed by atoms with E-state index in [1.807, 2.05) is 26.0 Å². The van der Waals surface area contributed by atoms with Gasteiger partial charge in [-0.25, -0.2) is 0 Å². The van der Waals surface area contributed by atoms with Crippen LogP contribution in [-0.4, -0.2) is 52.9 Å². The Morgan fingerprint density at radius 2 is 2.14 bits per heavy atom. The van der Waals surface area contributed by atoms with Crippen molar-refractivity contribution in [1.82, 2.24) is 20.2 Å². The maximum atomic E-state index is 13.0. The summed E-state index contributed by atoms with van der Waals surface area (Å²) in [6, 6.07) is 7.21. The molecule has 8 nitrogen and oxygen atoms in total. The quantitative estimate of drug-likeness (QED) is 0.329. The van der Waals surface area contributed by atoms with Crippen molar-refractivity contribution >= 4 is 34.8 Å². The third kappa shape index (κ3) is 5.04. The van der Waals surface area contributed by atoms with E-state index in [9.17, 15) is 9.59 Å². The topological polar surface area (TPSA) is 99.3 Å². The zero-order chi connectivity index (χ0) is 26.7. The number of carbonyl (C=O) groups is 2. The predicted octanol–water partition coefficient (Wildman–Crippen LogP) is 4.54.